The first-order valence-electron chi connectivity index (χ1n) is 7.30. The number of nitrogens with zero attached hydrogens (tertiary/aromatic N) is 2. The summed E-state index contributed by atoms with van der Waals surface area (Å²) in [6.07, 6.45) is 0. The summed E-state index contributed by atoms with van der Waals surface area (Å²) in [7, 11) is 1.71. The minimum atomic E-state index is -0.390. The second-order valence-corrected chi connectivity index (χ2v) is 5.97. The number of guanidine groups is 1. The van der Waals surface area contributed by atoms with Gasteiger partial charge in [0, 0.05) is 32.3 Å². The van der Waals surface area contributed by atoms with Crippen LogP contribution in [0.2, 0.25) is 0 Å². The summed E-state index contributed by atoms with van der Waals surface area (Å²) in [5, 5.41) is 21.4. The van der Waals surface area contributed by atoms with Gasteiger partial charge >= 0.3 is 0 Å². The molecule has 1 unspecified atom stereocenters. The number of non-ortho nitro benzene ring substituents is 1. The van der Waals surface area contributed by atoms with Gasteiger partial charge in [0.25, 0.3) is 5.69 Å². The number of nitrogens with one attached hydrogen (secondary N) is 2. The smallest absolute Gasteiger partial charge is 0.269 e. The van der Waals surface area contributed by atoms with Gasteiger partial charge < -0.3 is 10.6 Å². The van der Waals surface area contributed by atoms with Gasteiger partial charge in [-0.05, 0) is 33.9 Å². The van der Waals surface area contributed by atoms with Crippen LogP contribution in [0.3, 0.4) is 0 Å². The molecular weight excluding hydrogens is 312 g/mol. The Balaban J connectivity index is 1.85. The number of nitro benzene ring substituents is 1. The molecule has 2 aromatic rings. The van der Waals surface area contributed by atoms with Crippen molar-refractivity contribution >= 4 is 23.0 Å². The van der Waals surface area contributed by atoms with Crippen molar-refractivity contribution < 1.29 is 4.92 Å². The van der Waals surface area contributed by atoms with Gasteiger partial charge in [-0.2, -0.15) is 11.3 Å². The number of rotatable bonds is 6. The Kier molecular flexibility index (Phi) is 6.10. The van der Waals surface area contributed by atoms with Gasteiger partial charge in [-0.3, -0.25) is 15.1 Å². The van der Waals surface area contributed by atoms with E-state index in [4.69, 9.17) is 0 Å². The summed E-state index contributed by atoms with van der Waals surface area (Å²) in [5.74, 6) is 1.07. The van der Waals surface area contributed by atoms with Crippen LogP contribution in [0.1, 0.15) is 24.0 Å². The molecule has 6 nitrogen and oxygen atoms in total. The quantitative estimate of drug-likeness (QED) is 0.369. The van der Waals surface area contributed by atoms with E-state index in [-0.39, 0.29) is 10.6 Å². The van der Waals surface area contributed by atoms with E-state index < -0.39 is 0 Å². The fourth-order valence-corrected chi connectivity index (χ4v) is 2.89. The van der Waals surface area contributed by atoms with Crippen molar-refractivity contribution in [1.29, 1.82) is 0 Å². The molecule has 0 fully saturated rings. The average molecular weight is 332 g/mol. The van der Waals surface area contributed by atoms with E-state index in [0.29, 0.717) is 18.4 Å². The number of thiophene rings is 1. The van der Waals surface area contributed by atoms with Crippen LogP contribution in [-0.4, -0.2) is 24.5 Å². The maximum Gasteiger partial charge on any atom is 0.269 e. The normalized spacial score (nSPS) is 12.7. The molecule has 2 N–H and O–H groups in total. The zero-order valence-electron chi connectivity index (χ0n) is 13.2. The van der Waals surface area contributed by atoms with E-state index in [1.54, 1.807) is 30.5 Å². The zero-order valence-corrected chi connectivity index (χ0v) is 14.0. The fraction of sp³-hybridized carbons (Fsp3) is 0.312. The van der Waals surface area contributed by atoms with Crippen LogP contribution in [0.4, 0.5) is 5.69 Å². The van der Waals surface area contributed by atoms with E-state index >= 15 is 0 Å². The second-order valence-electron chi connectivity index (χ2n) is 5.19. The Hall–Kier alpha value is -2.41. The maximum absolute atomic E-state index is 10.8. The molecule has 1 aromatic heterocycles. The highest BCUT2D eigenvalue weighted by molar-refractivity contribution is 7.07. The van der Waals surface area contributed by atoms with Gasteiger partial charge in [-0.1, -0.05) is 19.1 Å². The van der Waals surface area contributed by atoms with Crippen LogP contribution >= 0.6 is 11.3 Å². The molecule has 0 saturated carbocycles. The Morgan fingerprint density at radius 1 is 1.39 bits per heavy atom. The first-order valence-corrected chi connectivity index (χ1v) is 8.24. The molecule has 0 saturated heterocycles. The number of hydrogen-bond acceptors (Lipinski definition) is 4. The van der Waals surface area contributed by atoms with Crippen molar-refractivity contribution in [2.45, 2.75) is 19.4 Å². The summed E-state index contributed by atoms with van der Waals surface area (Å²) in [6, 6.07) is 8.70. The lowest BCUT2D eigenvalue weighted by molar-refractivity contribution is -0.384. The van der Waals surface area contributed by atoms with Gasteiger partial charge in [0.05, 0.1) is 4.92 Å². The van der Waals surface area contributed by atoms with Gasteiger partial charge in [0.1, 0.15) is 0 Å². The van der Waals surface area contributed by atoms with E-state index in [0.717, 1.165) is 12.1 Å². The number of hydrogen-bond donors (Lipinski definition) is 2. The van der Waals surface area contributed by atoms with Crippen molar-refractivity contribution in [3.05, 3.63) is 62.3 Å². The summed E-state index contributed by atoms with van der Waals surface area (Å²) < 4.78 is 0. The highest BCUT2D eigenvalue weighted by atomic mass is 32.1. The first kappa shape index (κ1) is 17.0. The van der Waals surface area contributed by atoms with Crippen molar-refractivity contribution in [1.82, 2.24) is 10.6 Å². The van der Waals surface area contributed by atoms with Crippen LogP contribution in [0, 0.1) is 10.1 Å². The zero-order chi connectivity index (χ0) is 16.7. The third-order valence-electron chi connectivity index (χ3n) is 3.49. The minimum absolute atomic E-state index is 0.0957. The van der Waals surface area contributed by atoms with Crippen LogP contribution in [-0.2, 0) is 6.54 Å². The van der Waals surface area contributed by atoms with Crippen molar-refractivity contribution in [2.75, 3.05) is 13.6 Å². The van der Waals surface area contributed by atoms with Crippen LogP contribution in [0.5, 0.6) is 0 Å². The summed E-state index contributed by atoms with van der Waals surface area (Å²) in [5.41, 5.74) is 2.24. The molecule has 2 rings (SSSR count). The molecule has 7 heteroatoms. The molecule has 0 bridgehead atoms. The monoisotopic (exact) mass is 332 g/mol. The molecule has 122 valence electrons. The minimum Gasteiger partial charge on any atom is -0.356 e. The molecule has 1 heterocycles. The number of benzene rings is 1. The largest absolute Gasteiger partial charge is 0.356 e. The summed E-state index contributed by atoms with van der Waals surface area (Å²) in [4.78, 5) is 14.6. The van der Waals surface area contributed by atoms with Crippen LogP contribution in [0.15, 0.2) is 46.1 Å². The lowest BCUT2D eigenvalue weighted by Gasteiger charge is -2.15. The third kappa shape index (κ3) is 5.07. The predicted molar refractivity (Wildman–Crippen MR) is 94.0 cm³/mol. The van der Waals surface area contributed by atoms with Crippen LogP contribution in [0.25, 0.3) is 0 Å². The van der Waals surface area contributed by atoms with Crippen molar-refractivity contribution in [3.63, 3.8) is 0 Å². The van der Waals surface area contributed by atoms with E-state index in [1.165, 1.54) is 11.6 Å². The summed E-state index contributed by atoms with van der Waals surface area (Å²) in [6.45, 7) is 3.41. The maximum atomic E-state index is 10.8. The number of aliphatic imine (C=N–C) groups is 1. The molecule has 23 heavy (non-hydrogen) atoms. The van der Waals surface area contributed by atoms with Gasteiger partial charge in [-0.15, -0.1) is 0 Å². The molecule has 1 atom stereocenters. The molecule has 1 aromatic carbocycles. The lowest BCUT2D eigenvalue weighted by Crippen LogP contribution is -2.38. The first-order chi connectivity index (χ1) is 11.1. The topological polar surface area (TPSA) is 79.6 Å². The molecular formula is C16H20N4O2S. The van der Waals surface area contributed by atoms with Gasteiger partial charge in [0.15, 0.2) is 5.96 Å². The molecule has 0 amide bonds. The highest BCUT2D eigenvalue weighted by Crippen LogP contribution is 2.17. The fourth-order valence-electron chi connectivity index (χ4n) is 2.11. The second kappa shape index (κ2) is 8.28. The summed E-state index contributed by atoms with van der Waals surface area (Å²) >= 11 is 1.69. The average Bonchev–Trinajstić information content (AvgIpc) is 3.09. The van der Waals surface area contributed by atoms with Gasteiger partial charge in [0.2, 0.25) is 0 Å². The number of nitro groups is 1. The van der Waals surface area contributed by atoms with E-state index in [1.807, 2.05) is 6.07 Å². The Bertz CT molecular complexity index is 670. The Morgan fingerprint density at radius 3 is 2.87 bits per heavy atom. The molecule has 0 spiro atoms. The predicted octanol–water partition coefficient (Wildman–Crippen LogP) is 3.13. The Labute approximate surface area is 139 Å². The SMILES string of the molecule is CN=C(NCc1cccc([N+](=O)[O-])c1)NCC(C)c1ccsc1. The van der Waals surface area contributed by atoms with Gasteiger partial charge in [-0.25, -0.2) is 0 Å². The lowest BCUT2D eigenvalue weighted by atomic mass is 10.1. The molecule has 0 aliphatic rings. The highest BCUT2D eigenvalue weighted by Gasteiger charge is 2.08. The standard InChI is InChI=1S/C16H20N4O2S/c1-12(14-6-7-23-11-14)9-18-16(17-2)19-10-13-4-3-5-15(8-13)20(21)22/h3-8,11-12H,9-10H2,1-2H3,(H2,17,18,19). The van der Waals surface area contributed by atoms with E-state index in [2.05, 4.69) is 39.4 Å². The molecule has 0 aliphatic heterocycles. The van der Waals surface area contributed by atoms with Crippen LogP contribution < -0.4 is 10.6 Å². The van der Waals surface area contributed by atoms with Crippen molar-refractivity contribution in [2.24, 2.45) is 4.99 Å². The molecule has 0 aliphatic carbocycles. The molecule has 0 radical (unpaired) electrons. The Morgan fingerprint density at radius 2 is 2.22 bits per heavy atom. The van der Waals surface area contributed by atoms with Crippen molar-refractivity contribution in [3.8, 4) is 0 Å². The third-order valence-corrected chi connectivity index (χ3v) is 4.19. The van der Waals surface area contributed by atoms with E-state index in [9.17, 15) is 10.1 Å².